The monoisotopic (exact) mass is 328 g/mol. The average Bonchev–Trinajstić information content (AvgIpc) is 2.51. The Hall–Kier alpha value is -2.64. The Bertz CT molecular complexity index is 704. The van der Waals surface area contributed by atoms with Gasteiger partial charge >= 0.3 is 6.18 Å². The standard InChI is InChI=1S/C15H12F4N2O2/c1-23-13-5-3-2-4-12(13)21(9-15(17,18)19)14(22)10-6-11(16)8-20-7-10/h2-8H,9H2,1H3. The predicted octanol–water partition coefficient (Wildman–Crippen LogP) is 3.44. The highest BCUT2D eigenvalue weighted by atomic mass is 19.4. The van der Waals surface area contributed by atoms with Gasteiger partial charge in [-0.15, -0.1) is 0 Å². The maximum atomic E-state index is 13.2. The lowest BCUT2D eigenvalue weighted by atomic mass is 10.2. The number of hydrogen-bond donors (Lipinski definition) is 0. The van der Waals surface area contributed by atoms with Crippen molar-refractivity contribution >= 4 is 11.6 Å². The number of benzene rings is 1. The number of rotatable bonds is 4. The first kappa shape index (κ1) is 16.7. The van der Waals surface area contributed by atoms with Crippen LogP contribution in [0.25, 0.3) is 0 Å². The molecule has 0 radical (unpaired) electrons. The van der Waals surface area contributed by atoms with E-state index < -0.39 is 24.4 Å². The molecule has 2 aromatic rings. The minimum atomic E-state index is -4.64. The van der Waals surface area contributed by atoms with Crippen molar-refractivity contribution in [2.75, 3.05) is 18.6 Å². The molecule has 0 unspecified atom stereocenters. The smallest absolute Gasteiger partial charge is 0.406 e. The molecule has 1 aromatic heterocycles. The zero-order valence-electron chi connectivity index (χ0n) is 12.0. The predicted molar refractivity (Wildman–Crippen MR) is 74.9 cm³/mol. The molecule has 0 aliphatic carbocycles. The SMILES string of the molecule is COc1ccccc1N(CC(F)(F)F)C(=O)c1cncc(F)c1. The Morgan fingerprint density at radius 3 is 2.57 bits per heavy atom. The third-order valence-corrected chi connectivity index (χ3v) is 2.91. The fourth-order valence-corrected chi connectivity index (χ4v) is 1.98. The highest BCUT2D eigenvalue weighted by Crippen LogP contribution is 2.31. The first-order valence-corrected chi connectivity index (χ1v) is 6.44. The molecule has 0 saturated heterocycles. The number of methoxy groups -OCH3 is 1. The highest BCUT2D eigenvalue weighted by molar-refractivity contribution is 6.06. The van der Waals surface area contributed by atoms with Gasteiger partial charge in [0.15, 0.2) is 0 Å². The topological polar surface area (TPSA) is 42.4 Å². The lowest BCUT2D eigenvalue weighted by Crippen LogP contribution is -2.39. The van der Waals surface area contributed by atoms with Crippen LogP contribution in [-0.2, 0) is 0 Å². The average molecular weight is 328 g/mol. The van der Waals surface area contributed by atoms with Gasteiger partial charge in [-0.1, -0.05) is 12.1 Å². The molecule has 1 heterocycles. The summed E-state index contributed by atoms with van der Waals surface area (Å²) in [5.41, 5.74) is -0.359. The number of carbonyl (C=O) groups excluding carboxylic acids is 1. The van der Waals surface area contributed by atoms with Gasteiger partial charge in [0.2, 0.25) is 0 Å². The zero-order valence-corrected chi connectivity index (χ0v) is 12.0. The maximum absolute atomic E-state index is 13.2. The van der Waals surface area contributed by atoms with Gasteiger partial charge in [-0.25, -0.2) is 4.39 Å². The molecule has 0 spiro atoms. The number of amides is 1. The molecule has 8 heteroatoms. The van der Waals surface area contributed by atoms with Crippen molar-refractivity contribution in [2.24, 2.45) is 0 Å². The number of hydrogen-bond acceptors (Lipinski definition) is 3. The Kier molecular flexibility index (Phi) is 4.83. The minimum absolute atomic E-state index is 0.0680. The van der Waals surface area contributed by atoms with Crippen LogP contribution in [0.4, 0.5) is 23.2 Å². The molecule has 2 rings (SSSR count). The second-order valence-corrected chi connectivity index (χ2v) is 4.57. The van der Waals surface area contributed by atoms with Crippen LogP contribution in [0.1, 0.15) is 10.4 Å². The fourth-order valence-electron chi connectivity index (χ4n) is 1.98. The van der Waals surface area contributed by atoms with E-state index in [9.17, 15) is 22.4 Å². The van der Waals surface area contributed by atoms with Crippen molar-refractivity contribution in [2.45, 2.75) is 6.18 Å². The van der Waals surface area contributed by atoms with Crippen molar-refractivity contribution in [1.82, 2.24) is 4.98 Å². The number of aromatic nitrogens is 1. The van der Waals surface area contributed by atoms with Gasteiger partial charge in [-0.3, -0.25) is 14.7 Å². The Morgan fingerprint density at radius 2 is 1.96 bits per heavy atom. The lowest BCUT2D eigenvalue weighted by Gasteiger charge is -2.25. The third-order valence-electron chi connectivity index (χ3n) is 2.91. The van der Waals surface area contributed by atoms with Crippen molar-refractivity contribution in [3.8, 4) is 5.75 Å². The van der Waals surface area contributed by atoms with Crippen molar-refractivity contribution in [3.63, 3.8) is 0 Å². The number of pyridine rings is 1. The van der Waals surface area contributed by atoms with E-state index in [2.05, 4.69) is 4.98 Å². The molecule has 0 fully saturated rings. The second kappa shape index (κ2) is 6.64. The van der Waals surface area contributed by atoms with Gasteiger partial charge in [-0.2, -0.15) is 13.2 Å². The molecule has 1 amide bonds. The Labute approximate surface area is 129 Å². The number of para-hydroxylation sites is 2. The van der Waals surface area contributed by atoms with Crippen LogP contribution in [0.3, 0.4) is 0 Å². The van der Waals surface area contributed by atoms with E-state index in [0.717, 1.165) is 18.5 Å². The molecule has 0 aliphatic heterocycles. The minimum Gasteiger partial charge on any atom is -0.495 e. The number of halogens is 4. The summed E-state index contributed by atoms with van der Waals surface area (Å²) in [5, 5.41) is 0. The number of anilines is 1. The molecule has 0 N–H and O–H groups in total. The van der Waals surface area contributed by atoms with Crippen LogP contribution >= 0.6 is 0 Å². The van der Waals surface area contributed by atoms with Crippen LogP contribution in [0.2, 0.25) is 0 Å². The molecular formula is C15H12F4N2O2. The summed E-state index contributed by atoms with van der Waals surface area (Å²) in [7, 11) is 1.28. The largest absolute Gasteiger partial charge is 0.495 e. The Morgan fingerprint density at radius 1 is 1.26 bits per heavy atom. The van der Waals surface area contributed by atoms with Gasteiger partial charge in [0.05, 0.1) is 24.6 Å². The molecule has 122 valence electrons. The second-order valence-electron chi connectivity index (χ2n) is 4.57. The summed E-state index contributed by atoms with van der Waals surface area (Å²) in [4.78, 5) is 16.4. The van der Waals surface area contributed by atoms with Gasteiger partial charge < -0.3 is 4.74 Å². The van der Waals surface area contributed by atoms with Crippen LogP contribution in [0.5, 0.6) is 5.75 Å². The maximum Gasteiger partial charge on any atom is 0.406 e. The Balaban J connectivity index is 2.48. The van der Waals surface area contributed by atoms with E-state index in [0.29, 0.717) is 4.90 Å². The van der Waals surface area contributed by atoms with Gasteiger partial charge in [0.25, 0.3) is 5.91 Å². The van der Waals surface area contributed by atoms with Crippen LogP contribution < -0.4 is 9.64 Å². The number of nitrogens with zero attached hydrogens (tertiary/aromatic N) is 2. The summed E-state index contributed by atoms with van der Waals surface area (Å²) in [6.07, 6.45) is -2.78. The fraction of sp³-hybridized carbons (Fsp3) is 0.200. The van der Waals surface area contributed by atoms with Crippen LogP contribution in [-0.4, -0.2) is 30.7 Å². The molecule has 1 aromatic carbocycles. The van der Waals surface area contributed by atoms with Gasteiger partial charge in [0.1, 0.15) is 18.1 Å². The van der Waals surface area contributed by atoms with Crippen molar-refractivity contribution < 1.29 is 27.1 Å². The van der Waals surface area contributed by atoms with Crippen molar-refractivity contribution in [1.29, 1.82) is 0 Å². The first-order chi connectivity index (χ1) is 10.8. The summed E-state index contributed by atoms with van der Waals surface area (Å²) < 4.78 is 56.8. The van der Waals surface area contributed by atoms with E-state index >= 15 is 0 Å². The van der Waals surface area contributed by atoms with Crippen molar-refractivity contribution in [3.05, 3.63) is 54.1 Å². The molecule has 4 nitrogen and oxygen atoms in total. The molecule has 23 heavy (non-hydrogen) atoms. The van der Waals surface area contributed by atoms with Gasteiger partial charge in [-0.05, 0) is 18.2 Å². The summed E-state index contributed by atoms with van der Waals surface area (Å²) in [6.45, 7) is -1.54. The summed E-state index contributed by atoms with van der Waals surface area (Å²) >= 11 is 0. The molecule has 0 saturated carbocycles. The number of carbonyl (C=O) groups is 1. The van der Waals surface area contributed by atoms with E-state index in [1.807, 2.05) is 0 Å². The molecule has 0 atom stereocenters. The van der Waals surface area contributed by atoms with E-state index in [4.69, 9.17) is 4.74 Å². The lowest BCUT2D eigenvalue weighted by molar-refractivity contribution is -0.118. The first-order valence-electron chi connectivity index (χ1n) is 6.44. The van der Waals surface area contributed by atoms with Crippen LogP contribution in [0, 0.1) is 5.82 Å². The molecule has 0 bridgehead atoms. The quantitative estimate of drug-likeness (QED) is 0.808. The number of ether oxygens (including phenoxy) is 1. The number of alkyl halides is 3. The highest BCUT2D eigenvalue weighted by Gasteiger charge is 2.35. The normalized spacial score (nSPS) is 11.2. The third kappa shape index (κ3) is 4.18. The molecular weight excluding hydrogens is 316 g/mol. The summed E-state index contributed by atoms with van der Waals surface area (Å²) in [5.74, 6) is -1.75. The van der Waals surface area contributed by atoms with Crippen LogP contribution in [0.15, 0.2) is 42.7 Å². The zero-order chi connectivity index (χ0) is 17.0. The van der Waals surface area contributed by atoms with Gasteiger partial charge in [0, 0.05) is 6.20 Å². The molecule has 0 aliphatic rings. The van der Waals surface area contributed by atoms with E-state index in [1.54, 1.807) is 6.07 Å². The van der Waals surface area contributed by atoms with E-state index in [1.165, 1.54) is 25.3 Å². The van der Waals surface area contributed by atoms with E-state index in [-0.39, 0.29) is 17.0 Å². The summed E-state index contributed by atoms with van der Waals surface area (Å²) in [6, 6.07) is 6.60.